The normalized spacial score (nSPS) is 24.0. The molecule has 0 bridgehead atoms. The van der Waals surface area contributed by atoms with Gasteiger partial charge in [0.2, 0.25) is 0 Å². The van der Waals surface area contributed by atoms with E-state index in [1.54, 1.807) is 0 Å². The summed E-state index contributed by atoms with van der Waals surface area (Å²) >= 11 is 0. The van der Waals surface area contributed by atoms with Crippen LogP contribution in [0, 0.1) is 11.8 Å². The highest BCUT2D eigenvalue weighted by Gasteiger charge is 2.34. The molecule has 146 valence electrons. The molecule has 1 fully saturated rings. The average molecular weight is 363 g/mol. The third-order valence-electron chi connectivity index (χ3n) is 6.11. The van der Waals surface area contributed by atoms with Gasteiger partial charge in [0.25, 0.3) is 0 Å². The number of hydrogen-bond acceptors (Lipinski definition) is 3. The zero-order valence-electron chi connectivity index (χ0n) is 16.1. The van der Waals surface area contributed by atoms with Gasteiger partial charge in [0.1, 0.15) is 5.78 Å². The molecule has 0 heterocycles. The summed E-state index contributed by atoms with van der Waals surface area (Å²) < 4.78 is 0. The number of allylic oxidation sites excluding steroid dienone is 4. The van der Waals surface area contributed by atoms with Crippen LogP contribution < -0.4 is 0 Å². The lowest BCUT2D eigenvalue weighted by Gasteiger charge is -2.36. The zero-order chi connectivity index (χ0) is 19.0. The van der Waals surface area contributed by atoms with E-state index in [-0.39, 0.29) is 18.1 Å². The summed E-state index contributed by atoms with van der Waals surface area (Å²) in [6.07, 6.45) is 16.3. The summed E-state index contributed by atoms with van der Waals surface area (Å²) in [7, 11) is 0. The highest BCUT2D eigenvalue weighted by Crippen LogP contribution is 2.38. The minimum Gasteiger partial charge on any atom is -0.481 e. The average Bonchev–Trinajstić information content (AvgIpc) is 2.97. The third kappa shape index (κ3) is 6.39. The van der Waals surface area contributed by atoms with Gasteiger partial charge in [0.05, 0.1) is 5.60 Å². The van der Waals surface area contributed by atoms with Crippen molar-refractivity contribution in [1.29, 1.82) is 0 Å². The second kappa shape index (κ2) is 10.1. The highest BCUT2D eigenvalue weighted by molar-refractivity contribution is 5.88. The van der Waals surface area contributed by atoms with E-state index in [0.717, 1.165) is 32.1 Å². The number of carboxylic acids is 1. The van der Waals surface area contributed by atoms with Gasteiger partial charge in [-0.15, -0.1) is 0 Å². The van der Waals surface area contributed by atoms with Crippen LogP contribution in [0.4, 0.5) is 0 Å². The molecule has 0 aromatic rings. The van der Waals surface area contributed by atoms with Crippen molar-refractivity contribution in [3.8, 4) is 0 Å². The second-order valence-electron chi connectivity index (χ2n) is 8.19. The van der Waals surface area contributed by atoms with Crippen LogP contribution in [-0.4, -0.2) is 27.6 Å². The fourth-order valence-corrected chi connectivity index (χ4v) is 4.33. The van der Waals surface area contributed by atoms with E-state index in [0.29, 0.717) is 25.2 Å². The first-order chi connectivity index (χ1) is 12.4. The van der Waals surface area contributed by atoms with Crippen LogP contribution in [0.1, 0.15) is 84.0 Å². The number of aliphatic hydroxyl groups is 1. The maximum absolute atomic E-state index is 12.2. The van der Waals surface area contributed by atoms with Crippen LogP contribution in [0.2, 0.25) is 0 Å². The third-order valence-corrected chi connectivity index (χ3v) is 6.11. The molecule has 0 saturated heterocycles. The Balaban J connectivity index is 1.79. The smallest absolute Gasteiger partial charge is 0.303 e. The zero-order valence-corrected chi connectivity index (χ0v) is 16.1. The molecular weight excluding hydrogens is 328 g/mol. The largest absolute Gasteiger partial charge is 0.481 e. The van der Waals surface area contributed by atoms with Crippen LogP contribution in [0.3, 0.4) is 0 Å². The summed E-state index contributed by atoms with van der Waals surface area (Å²) in [6, 6.07) is 0. The van der Waals surface area contributed by atoms with E-state index >= 15 is 0 Å². The van der Waals surface area contributed by atoms with Gasteiger partial charge in [-0.25, -0.2) is 0 Å². The number of hydrogen-bond donors (Lipinski definition) is 2. The molecule has 2 rings (SSSR count). The topological polar surface area (TPSA) is 74.6 Å². The van der Waals surface area contributed by atoms with Crippen LogP contribution in [-0.2, 0) is 9.59 Å². The van der Waals surface area contributed by atoms with Crippen molar-refractivity contribution in [3.63, 3.8) is 0 Å². The summed E-state index contributed by atoms with van der Waals surface area (Å²) in [6.45, 7) is 1.97. The van der Waals surface area contributed by atoms with Crippen LogP contribution >= 0.6 is 0 Å². The Kier molecular flexibility index (Phi) is 8.08. The molecule has 1 unspecified atom stereocenters. The molecule has 2 aliphatic rings. The van der Waals surface area contributed by atoms with Gasteiger partial charge in [-0.05, 0) is 57.8 Å². The van der Waals surface area contributed by atoms with Gasteiger partial charge in [0, 0.05) is 18.8 Å². The Bertz CT molecular complexity index is 538. The van der Waals surface area contributed by atoms with E-state index in [1.807, 2.05) is 19.1 Å². The molecule has 2 N–H and O–H groups in total. The number of carboxylic acid groups (broad SMARTS) is 1. The van der Waals surface area contributed by atoms with Crippen molar-refractivity contribution in [1.82, 2.24) is 0 Å². The van der Waals surface area contributed by atoms with Gasteiger partial charge >= 0.3 is 5.97 Å². The van der Waals surface area contributed by atoms with E-state index in [9.17, 15) is 14.7 Å². The molecule has 0 aromatic heterocycles. The van der Waals surface area contributed by atoms with Gasteiger partial charge < -0.3 is 10.2 Å². The van der Waals surface area contributed by atoms with Crippen molar-refractivity contribution >= 4 is 11.8 Å². The fraction of sp³-hybridized carbons (Fsp3) is 0.727. The van der Waals surface area contributed by atoms with Crippen molar-refractivity contribution in [2.45, 2.75) is 89.6 Å². The molecule has 0 radical (unpaired) electrons. The van der Waals surface area contributed by atoms with Crippen molar-refractivity contribution in [3.05, 3.63) is 23.8 Å². The first kappa shape index (κ1) is 20.9. The predicted molar refractivity (Wildman–Crippen MR) is 103 cm³/mol. The summed E-state index contributed by atoms with van der Waals surface area (Å²) in [4.78, 5) is 22.7. The van der Waals surface area contributed by atoms with E-state index < -0.39 is 11.6 Å². The van der Waals surface area contributed by atoms with Crippen LogP contribution in [0.15, 0.2) is 23.8 Å². The number of Topliss-reactive ketones (excluding diaryl/α,β-unsaturated/α-hetero) is 1. The van der Waals surface area contributed by atoms with Crippen molar-refractivity contribution in [2.24, 2.45) is 11.8 Å². The number of aliphatic carboxylic acids is 1. The first-order valence-electron chi connectivity index (χ1n) is 10.2. The molecule has 0 aliphatic heterocycles. The predicted octanol–water partition coefficient (Wildman–Crippen LogP) is 4.81. The Hall–Kier alpha value is -1.42. The molecule has 2 atom stereocenters. The van der Waals surface area contributed by atoms with E-state index in [2.05, 4.69) is 6.08 Å². The second-order valence-corrected chi connectivity index (χ2v) is 8.19. The maximum Gasteiger partial charge on any atom is 0.303 e. The SMILES string of the molecule is CC(O)(CCC1=CCC(=O)[C@@H]1C/C=C\CCCC(=O)O)C1CCCCC1. The number of unbranched alkanes of at least 4 members (excludes halogenated alkanes) is 1. The highest BCUT2D eigenvalue weighted by atomic mass is 16.4. The van der Waals surface area contributed by atoms with Crippen molar-refractivity contribution < 1.29 is 19.8 Å². The standard InChI is InChI=1S/C22H34O4/c1-22(26,18-9-5-4-6-10-18)16-15-17-13-14-20(23)19(17)11-7-2-3-8-12-21(24)25/h2,7,13,18-19,26H,3-6,8-12,14-16H2,1H3,(H,24,25)/b7-2-/t19-,22?/m1/s1. The summed E-state index contributed by atoms with van der Waals surface area (Å²) in [5, 5.41) is 19.5. The Morgan fingerprint density at radius 2 is 2.00 bits per heavy atom. The van der Waals surface area contributed by atoms with Crippen molar-refractivity contribution in [2.75, 3.05) is 0 Å². The number of ketones is 1. The lowest BCUT2D eigenvalue weighted by atomic mass is 9.75. The summed E-state index contributed by atoms with van der Waals surface area (Å²) in [5.41, 5.74) is 0.547. The minimum absolute atomic E-state index is 0.0483. The minimum atomic E-state index is -0.764. The number of carbonyl (C=O) groups is 2. The Morgan fingerprint density at radius 3 is 2.69 bits per heavy atom. The number of rotatable bonds is 10. The van der Waals surface area contributed by atoms with Crippen LogP contribution in [0.25, 0.3) is 0 Å². The van der Waals surface area contributed by atoms with E-state index in [1.165, 1.54) is 24.8 Å². The molecule has 0 aromatic carbocycles. The van der Waals surface area contributed by atoms with Gasteiger partial charge in [-0.2, -0.15) is 0 Å². The lowest BCUT2D eigenvalue weighted by molar-refractivity contribution is -0.137. The first-order valence-corrected chi connectivity index (χ1v) is 10.2. The summed E-state index contributed by atoms with van der Waals surface area (Å²) in [5.74, 6) is -0.151. The Labute approximate surface area is 157 Å². The molecule has 4 nitrogen and oxygen atoms in total. The van der Waals surface area contributed by atoms with Gasteiger partial charge in [0.15, 0.2) is 0 Å². The monoisotopic (exact) mass is 362 g/mol. The fourth-order valence-electron chi connectivity index (χ4n) is 4.33. The molecule has 1 saturated carbocycles. The van der Waals surface area contributed by atoms with Gasteiger partial charge in [-0.3, -0.25) is 9.59 Å². The molecule has 2 aliphatic carbocycles. The maximum atomic E-state index is 12.2. The molecule has 0 amide bonds. The lowest BCUT2D eigenvalue weighted by Crippen LogP contribution is -2.36. The molecular formula is C22H34O4. The molecule has 26 heavy (non-hydrogen) atoms. The Morgan fingerprint density at radius 1 is 1.27 bits per heavy atom. The van der Waals surface area contributed by atoms with Gasteiger partial charge in [-0.1, -0.05) is 43.1 Å². The van der Waals surface area contributed by atoms with Crippen LogP contribution in [0.5, 0.6) is 0 Å². The molecule has 0 spiro atoms. The quantitative estimate of drug-likeness (QED) is 0.432. The molecule has 4 heteroatoms. The van der Waals surface area contributed by atoms with E-state index in [4.69, 9.17) is 5.11 Å². The number of carbonyl (C=O) groups excluding carboxylic acids is 1.